The number of hydrogen-bond donors (Lipinski definition) is 4. The van der Waals surface area contributed by atoms with E-state index in [-0.39, 0.29) is 23.7 Å². The van der Waals surface area contributed by atoms with Gasteiger partial charge in [0.25, 0.3) is 0 Å². The molecule has 0 bridgehead atoms. The summed E-state index contributed by atoms with van der Waals surface area (Å²) in [6, 6.07) is 25.2. The van der Waals surface area contributed by atoms with E-state index in [4.69, 9.17) is 9.47 Å². The summed E-state index contributed by atoms with van der Waals surface area (Å²) in [7, 11) is 0. The summed E-state index contributed by atoms with van der Waals surface area (Å²) in [6.45, 7) is 6.13. The van der Waals surface area contributed by atoms with Crippen LogP contribution in [-0.2, 0) is 25.9 Å². The molecule has 2 aliphatic heterocycles. The molecule has 308 valence electrons. The third-order valence-corrected chi connectivity index (χ3v) is 10.9. The molecular weight excluding hydrogens is 767 g/mol. The first-order valence-corrected chi connectivity index (χ1v) is 20.0. The van der Waals surface area contributed by atoms with Crippen LogP contribution >= 0.6 is 0 Å². The van der Waals surface area contributed by atoms with Gasteiger partial charge in [-0.2, -0.15) is 0 Å². The van der Waals surface area contributed by atoms with Gasteiger partial charge in [0.2, 0.25) is 0 Å². The van der Waals surface area contributed by atoms with Crippen LogP contribution in [0.3, 0.4) is 0 Å². The average Bonchev–Trinajstić information content (AvgIpc) is 3.86. The van der Waals surface area contributed by atoms with Gasteiger partial charge < -0.3 is 30.3 Å². The number of carboxylic acids is 2. The molecule has 4 N–H and O–H groups in total. The van der Waals surface area contributed by atoms with Crippen molar-refractivity contribution >= 4 is 11.9 Å². The van der Waals surface area contributed by atoms with Crippen LogP contribution in [-0.4, -0.2) is 45.3 Å². The molecule has 4 heterocycles. The SMILES string of the molecule is CCOc1ccc(-c2ccc3c(c2)CN[C@@H]3CCc2cnccc2C(=O)O)c(F)c1.CCOc1ccc(-c2ccc3c(c2)CN[C@H]3CCc2cnccc2C(=O)O)c(F)c1. The van der Waals surface area contributed by atoms with Gasteiger partial charge in [-0.1, -0.05) is 24.3 Å². The largest absolute Gasteiger partial charge is 0.494 e. The predicted molar refractivity (Wildman–Crippen MR) is 224 cm³/mol. The number of pyridine rings is 2. The Bertz CT molecular complexity index is 2340. The van der Waals surface area contributed by atoms with Gasteiger partial charge in [-0.3, -0.25) is 9.97 Å². The fourth-order valence-electron chi connectivity index (χ4n) is 7.98. The molecule has 12 heteroatoms. The van der Waals surface area contributed by atoms with Gasteiger partial charge in [-0.25, -0.2) is 18.4 Å². The molecule has 4 aromatic carbocycles. The topological polar surface area (TPSA) is 143 Å². The number of benzene rings is 4. The summed E-state index contributed by atoms with van der Waals surface area (Å²) in [5.41, 5.74) is 9.42. The van der Waals surface area contributed by atoms with Crippen molar-refractivity contribution in [1.29, 1.82) is 0 Å². The molecule has 0 aliphatic carbocycles. The predicted octanol–water partition coefficient (Wildman–Crippen LogP) is 9.52. The number of nitrogens with zero attached hydrogens (tertiary/aromatic N) is 2. The first kappa shape index (κ1) is 41.7. The van der Waals surface area contributed by atoms with Crippen LogP contribution < -0.4 is 20.1 Å². The van der Waals surface area contributed by atoms with Crippen molar-refractivity contribution in [3.63, 3.8) is 0 Å². The van der Waals surface area contributed by atoms with Gasteiger partial charge in [0, 0.05) is 73.2 Å². The fraction of sp³-hybridized carbons (Fsp3) is 0.250. The highest BCUT2D eigenvalue weighted by Crippen LogP contribution is 2.36. The van der Waals surface area contributed by atoms with Gasteiger partial charge in [0.05, 0.1) is 24.3 Å². The highest BCUT2D eigenvalue weighted by Gasteiger charge is 2.25. The summed E-state index contributed by atoms with van der Waals surface area (Å²) in [4.78, 5) is 30.9. The molecule has 0 spiro atoms. The Morgan fingerprint density at radius 2 is 1.07 bits per heavy atom. The molecule has 0 fully saturated rings. The smallest absolute Gasteiger partial charge is 0.336 e. The van der Waals surface area contributed by atoms with Crippen molar-refractivity contribution in [2.45, 2.75) is 64.7 Å². The number of carboxylic acid groups (broad SMARTS) is 2. The Morgan fingerprint density at radius 3 is 1.45 bits per heavy atom. The second-order valence-electron chi connectivity index (χ2n) is 14.6. The summed E-state index contributed by atoms with van der Waals surface area (Å²) in [6.07, 6.45) is 8.98. The third-order valence-electron chi connectivity index (χ3n) is 10.9. The highest BCUT2D eigenvalue weighted by molar-refractivity contribution is 5.89. The van der Waals surface area contributed by atoms with E-state index in [0.717, 1.165) is 46.2 Å². The Hall–Kier alpha value is -6.50. The molecule has 60 heavy (non-hydrogen) atoms. The summed E-state index contributed by atoms with van der Waals surface area (Å²) >= 11 is 0. The second-order valence-corrected chi connectivity index (χ2v) is 14.6. The normalized spacial score (nSPS) is 15.1. The number of carbonyl (C=O) groups is 2. The lowest BCUT2D eigenvalue weighted by Crippen LogP contribution is -2.13. The van der Waals surface area contributed by atoms with Crippen LogP contribution in [0, 0.1) is 11.6 Å². The average molecular weight is 813 g/mol. The fourth-order valence-corrected chi connectivity index (χ4v) is 7.98. The van der Waals surface area contributed by atoms with E-state index in [2.05, 4.69) is 20.6 Å². The number of hydrogen-bond acceptors (Lipinski definition) is 8. The van der Waals surface area contributed by atoms with E-state index in [1.165, 1.54) is 47.8 Å². The lowest BCUT2D eigenvalue weighted by atomic mass is 9.94. The zero-order valence-electron chi connectivity index (χ0n) is 33.4. The number of aromatic carboxylic acids is 2. The van der Waals surface area contributed by atoms with Crippen molar-refractivity contribution in [2.24, 2.45) is 0 Å². The van der Waals surface area contributed by atoms with E-state index in [1.54, 1.807) is 36.7 Å². The number of ether oxygens (including phenoxy) is 2. The van der Waals surface area contributed by atoms with Crippen LogP contribution in [0.2, 0.25) is 0 Å². The van der Waals surface area contributed by atoms with Crippen molar-refractivity contribution in [3.8, 4) is 33.8 Å². The maximum absolute atomic E-state index is 14.5. The Kier molecular flexibility index (Phi) is 13.2. The Balaban J connectivity index is 0.000000181. The molecule has 0 amide bonds. The summed E-state index contributed by atoms with van der Waals surface area (Å²) < 4.78 is 39.8. The van der Waals surface area contributed by atoms with Crippen LogP contribution in [0.5, 0.6) is 11.5 Å². The van der Waals surface area contributed by atoms with E-state index < -0.39 is 11.9 Å². The number of aromatic nitrogens is 2. The minimum Gasteiger partial charge on any atom is -0.494 e. The van der Waals surface area contributed by atoms with E-state index >= 15 is 0 Å². The molecule has 10 nitrogen and oxygen atoms in total. The van der Waals surface area contributed by atoms with Crippen molar-refractivity contribution < 1.29 is 38.1 Å². The summed E-state index contributed by atoms with van der Waals surface area (Å²) in [5, 5.41) is 25.6. The van der Waals surface area contributed by atoms with Crippen molar-refractivity contribution in [2.75, 3.05) is 13.2 Å². The standard InChI is InChI=1S/2C24H23FN2O3/c2*1-2-30-18-5-7-19(22(25)12-18)15-3-6-20-17(11-15)14-27-23(20)8-4-16-13-26-10-9-21(16)24(28)29/h2*3,5-7,9-13,23,27H,2,4,8,14H2,1H3,(H,28,29)/t2*23-/m10/s1. The van der Waals surface area contributed by atoms with E-state index in [9.17, 15) is 28.6 Å². The molecule has 2 aliphatic rings. The number of rotatable bonds is 14. The third kappa shape index (κ3) is 9.51. The van der Waals surface area contributed by atoms with Gasteiger partial charge in [0.1, 0.15) is 23.1 Å². The van der Waals surface area contributed by atoms with Crippen LogP contribution in [0.15, 0.2) is 110 Å². The van der Waals surface area contributed by atoms with Crippen LogP contribution in [0.1, 0.15) is 92.9 Å². The Morgan fingerprint density at radius 1 is 0.633 bits per heavy atom. The van der Waals surface area contributed by atoms with E-state index in [1.807, 2.05) is 50.2 Å². The monoisotopic (exact) mass is 812 g/mol. The maximum atomic E-state index is 14.5. The lowest BCUT2D eigenvalue weighted by molar-refractivity contribution is 0.0684. The molecule has 6 aromatic rings. The van der Waals surface area contributed by atoms with E-state index in [0.29, 0.717) is 72.9 Å². The number of aryl methyl sites for hydroxylation is 2. The summed E-state index contributed by atoms with van der Waals surface area (Å²) in [5.74, 6) is -1.43. The van der Waals surface area contributed by atoms with Gasteiger partial charge >= 0.3 is 11.9 Å². The lowest BCUT2D eigenvalue weighted by Gasteiger charge is -2.14. The van der Waals surface area contributed by atoms with Crippen molar-refractivity contribution in [3.05, 3.63) is 166 Å². The zero-order chi connectivity index (χ0) is 42.2. The minimum atomic E-state index is -0.936. The molecule has 2 aromatic heterocycles. The molecular formula is C48H46F2N4O6. The highest BCUT2D eigenvalue weighted by atomic mass is 19.1. The molecule has 8 rings (SSSR count). The van der Waals surface area contributed by atoms with Gasteiger partial charge in [-0.05, 0) is 133 Å². The molecule has 0 radical (unpaired) electrons. The second kappa shape index (κ2) is 19.0. The zero-order valence-corrected chi connectivity index (χ0v) is 33.4. The molecule has 2 atom stereocenters. The minimum absolute atomic E-state index is 0.126. The van der Waals surface area contributed by atoms with Gasteiger partial charge in [0.15, 0.2) is 0 Å². The molecule has 0 unspecified atom stereocenters. The molecule has 0 saturated heterocycles. The van der Waals surface area contributed by atoms with Crippen molar-refractivity contribution in [1.82, 2.24) is 20.6 Å². The quantitative estimate of drug-likeness (QED) is 0.0840. The van der Waals surface area contributed by atoms with Crippen LogP contribution in [0.25, 0.3) is 22.3 Å². The van der Waals surface area contributed by atoms with Gasteiger partial charge in [-0.15, -0.1) is 0 Å². The maximum Gasteiger partial charge on any atom is 0.336 e. The number of halogens is 2. The number of fused-ring (bicyclic) bond motifs is 2. The first-order chi connectivity index (χ1) is 29.1. The number of nitrogens with one attached hydrogen (secondary N) is 2. The Labute approximate surface area is 347 Å². The van der Waals surface area contributed by atoms with Crippen LogP contribution in [0.4, 0.5) is 8.78 Å². The first-order valence-electron chi connectivity index (χ1n) is 20.0. The molecule has 0 saturated carbocycles.